The zero-order valence-electron chi connectivity index (χ0n) is 10.8. The van der Waals surface area contributed by atoms with Crippen LogP contribution in [0.25, 0.3) is 0 Å². The molecule has 0 aliphatic rings. The van der Waals surface area contributed by atoms with E-state index in [-0.39, 0.29) is 6.61 Å². The van der Waals surface area contributed by atoms with Gasteiger partial charge in [0.05, 0.1) is 11.6 Å². The van der Waals surface area contributed by atoms with Crippen molar-refractivity contribution in [3.05, 3.63) is 58.5 Å². The van der Waals surface area contributed by atoms with Gasteiger partial charge in [-0.15, -0.1) is 0 Å². The Hall–Kier alpha value is -2.54. The highest BCUT2D eigenvalue weighted by atomic mass is 16.5. The fourth-order valence-corrected chi connectivity index (χ4v) is 1.74. The first-order valence-corrected chi connectivity index (χ1v) is 5.83. The quantitative estimate of drug-likeness (QED) is 0.790. The van der Waals surface area contributed by atoms with Gasteiger partial charge in [-0.05, 0) is 37.6 Å². The molecule has 4 heteroatoms. The Balaban J connectivity index is 2.00. The topological polar surface area (TPSA) is 63.2 Å². The lowest BCUT2D eigenvalue weighted by Crippen LogP contribution is -2.05. The summed E-state index contributed by atoms with van der Waals surface area (Å²) in [5.41, 5.74) is 1.87. The molecule has 0 saturated carbocycles. The third-order valence-electron chi connectivity index (χ3n) is 2.71. The van der Waals surface area contributed by atoms with Gasteiger partial charge in [0.25, 0.3) is 0 Å². The summed E-state index contributed by atoms with van der Waals surface area (Å²) in [6.45, 7) is 3.68. The summed E-state index contributed by atoms with van der Waals surface area (Å²) >= 11 is 0. The minimum absolute atomic E-state index is 0.175. The van der Waals surface area contributed by atoms with Crippen molar-refractivity contribution >= 4 is 5.97 Å². The van der Waals surface area contributed by atoms with E-state index in [4.69, 9.17) is 14.4 Å². The lowest BCUT2D eigenvalue weighted by molar-refractivity contribution is 0.0470. The Morgan fingerprint density at radius 2 is 2.00 bits per heavy atom. The molecule has 19 heavy (non-hydrogen) atoms. The largest absolute Gasteiger partial charge is 0.466 e. The normalized spacial score (nSPS) is 9.95. The van der Waals surface area contributed by atoms with Gasteiger partial charge < -0.3 is 9.15 Å². The van der Waals surface area contributed by atoms with Crippen LogP contribution in [0.5, 0.6) is 0 Å². The van der Waals surface area contributed by atoms with E-state index in [1.807, 2.05) is 6.07 Å². The molecule has 0 atom stereocenters. The van der Waals surface area contributed by atoms with Crippen molar-refractivity contribution in [2.45, 2.75) is 20.5 Å². The monoisotopic (exact) mass is 255 g/mol. The maximum atomic E-state index is 11.8. The second-order valence-electron chi connectivity index (χ2n) is 4.21. The van der Waals surface area contributed by atoms with E-state index in [0.29, 0.717) is 22.6 Å². The lowest BCUT2D eigenvalue weighted by Gasteiger charge is -2.04. The molecule has 2 aromatic rings. The molecule has 0 amide bonds. The average Bonchev–Trinajstić information content (AvgIpc) is 2.75. The molecule has 0 bridgehead atoms. The van der Waals surface area contributed by atoms with Crippen molar-refractivity contribution in [3.8, 4) is 6.07 Å². The maximum Gasteiger partial charge on any atom is 0.342 e. The van der Waals surface area contributed by atoms with Gasteiger partial charge in [-0.3, -0.25) is 0 Å². The summed E-state index contributed by atoms with van der Waals surface area (Å²) in [7, 11) is 0. The standard InChI is InChI=1S/C15H13NO3/c1-10-7-14(11(2)19-10)15(17)18-9-13-5-3-12(8-16)4-6-13/h3-7H,9H2,1-2H3. The van der Waals surface area contributed by atoms with Crippen molar-refractivity contribution < 1.29 is 13.9 Å². The van der Waals surface area contributed by atoms with Gasteiger partial charge in [0.1, 0.15) is 23.7 Å². The minimum atomic E-state index is -0.404. The van der Waals surface area contributed by atoms with Crippen LogP contribution in [-0.2, 0) is 11.3 Å². The Labute approximate surface area is 111 Å². The number of esters is 1. The van der Waals surface area contributed by atoms with Crippen molar-refractivity contribution in [2.24, 2.45) is 0 Å². The number of rotatable bonds is 3. The molecule has 0 spiro atoms. The summed E-state index contributed by atoms with van der Waals surface area (Å²) in [4.78, 5) is 11.8. The van der Waals surface area contributed by atoms with E-state index >= 15 is 0 Å². The number of furan rings is 1. The first kappa shape index (κ1) is 12.9. The smallest absolute Gasteiger partial charge is 0.342 e. The van der Waals surface area contributed by atoms with E-state index < -0.39 is 5.97 Å². The molecular formula is C15H13NO3. The predicted octanol–water partition coefficient (Wildman–Crippen LogP) is 3.13. The van der Waals surface area contributed by atoms with Crippen LogP contribution in [0.2, 0.25) is 0 Å². The number of carbonyl (C=O) groups is 1. The van der Waals surface area contributed by atoms with Gasteiger partial charge in [-0.1, -0.05) is 12.1 Å². The fraction of sp³-hybridized carbons (Fsp3) is 0.200. The SMILES string of the molecule is Cc1cc(C(=O)OCc2ccc(C#N)cc2)c(C)o1. The van der Waals surface area contributed by atoms with Gasteiger partial charge in [0, 0.05) is 0 Å². The number of carbonyl (C=O) groups excluding carboxylic acids is 1. The molecule has 0 saturated heterocycles. The van der Waals surface area contributed by atoms with E-state index in [1.165, 1.54) is 0 Å². The molecular weight excluding hydrogens is 242 g/mol. The third-order valence-corrected chi connectivity index (χ3v) is 2.71. The van der Waals surface area contributed by atoms with Crippen molar-refractivity contribution in [3.63, 3.8) is 0 Å². The number of hydrogen-bond acceptors (Lipinski definition) is 4. The van der Waals surface area contributed by atoms with Gasteiger partial charge in [0.2, 0.25) is 0 Å². The first-order valence-electron chi connectivity index (χ1n) is 5.83. The highest BCUT2D eigenvalue weighted by Gasteiger charge is 2.14. The number of hydrogen-bond donors (Lipinski definition) is 0. The molecule has 2 rings (SSSR count). The molecule has 0 aliphatic carbocycles. The minimum Gasteiger partial charge on any atom is -0.466 e. The molecule has 1 heterocycles. The molecule has 0 aliphatic heterocycles. The number of nitrogens with zero attached hydrogens (tertiary/aromatic N) is 1. The second kappa shape index (κ2) is 5.40. The third kappa shape index (κ3) is 3.02. The number of benzene rings is 1. The summed E-state index contributed by atoms with van der Waals surface area (Å²) < 4.78 is 10.5. The summed E-state index contributed by atoms with van der Waals surface area (Å²) in [6.07, 6.45) is 0. The molecule has 4 nitrogen and oxygen atoms in total. The van der Waals surface area contributed by atoms with Crippen LogP contribution in [-0.4, -0.2) is 5.97 Å². The maximum absolute atomic E-state index is 11.8. The van der Waals surface area contributed by atoms with Crippen LogP contribution < -0.4 is 0 Å². The van der Waals surface area contributed by atoms with E-state index in [9.17, 15) is 4.79 Å². The Morgan fingerprint density at radius 3 is 2.53 bits per heavy atom. The molecule has 96 valence electrons. The molecule has 1 aromatic carbocycles. The highest BCUT2D eigenvalue weighted by Crippen LogP contribution is 2.15. The van der Waals surface area contributed by atoms with Crippen LogP contribution in [0.4, 0.5) is 0 Å². The summed E-state index contributed by atoms with van der Waals surface area (Å²) in [6, 6.07) is 10.6. The first-order chi connectivity index (χ1) is 9.10. The molecule has 0 N–H and O–H groups in total. The van der Waals surface area contributed by atoms with Crippen molar-refractivity contribution in [2.75, 3.05) is 0 Å². The van der Waals surface area contributed by atoms with Crippen LogP contribution in [0.1, 0.15) is 33.0 Å². The average molecular weight is 255 g/mol. The highest BCUT2D eigenvalue weighted by molar-refractivity contribution is 5.90. The van der Waals surface area contributed by atoms with Crippen LogP contribution >= 0.6 is 0 Å². The summed E-state index contributed by atoms with van der Waals surface area (Å²) in [5, 5.41) is 8.68. The predicted molar refractivity (Wildman–Crippen MR) is 68.5 cm³/mol. The van der Waals surface area contributed by atoms with Crippen molar-refractivity contribution in [1.82, 2.24) is 0 Å². The summed E-state index contributed by atoms with van der Waals surface area (Å²) in [5.74, 6) is 0.837. The fourth-order valence-electron chi connectivity index (χ4n) is 1.74. The lowest BCUT2D eigenvalue weighted by atomic mass is 10.1. The van der Waals surface area contributed by atoms with Crippen molar-refractivity contribution in [1.29, 1.82) is 5.26 Å². The van der Waals surface area contributed by atoms with E-state index in [0.717, 1.165) is 5.56 Å². The van der Waals surface area contributed by atoms with Gasteiger partial charge in [-0.2, -0.15) is 5.26 Å². The second-order valence-corrected chi connectivity index (χ2v) is 4.21. The van der Waals surface area contributed by atoms with Crippen LogP contribution in [0.15, 0.2) is 34.7 Å². The van der Waals surface area contributed by atoms with Gasteiger partial charge in [-0.25, -0.2) is 4.79 Å². The number of ether oxygens (including phenoxy) is 1. The number of aryl methyl sites for hydroxylation is 2. The van der Waals surface area contributed by atoms with Gasteiger partial charge >= 0.3 is 5.97 Å². The van der Waals surface area contributed by atoms with Crippen LogP contribution in [0.3, 0.4) is 0 Å². The molecule has 0 radical (unpaired) electrons. The molecule has 1 aromatic heterocycles. The Kier molecular flexibility index (Phi) is 3.67. The molecule has 0 unspecified atom stereocenters. The van der Waals surface area contributed by atoms with Gasteiger partial charge in [0.15, 0.2) is 0 Å². The van der Waals surface area contributed by atoms with Crippen LogP contribution in [0, 0.1) is 25.2 Å². The Morgan fingerprint density at radius 1 is 1.32 bits per heavy atom. The Bertz CT molecular complexity index is 632. The zero-order chi connectivity index (χ0) is 13.8. The molecule has 0 fully saturated rings. The van der Waals surface area contributed by atoms with E-state index in [2.05, 4.69) is 0 Å². The zero-order valence-corrected chi connectivity index (χ0v) is 10.8. The number of nitriles is 1. The van der Waals surface area contributed by atoms with E-state index in [1.54, 1.807) is 44.2 Å².